The van der Waals surface area contributed by atoms with E-state index < -0.39 is 0 Å². The Morgan fingerprint density at radius 3 is 2.50 bits per heavy atom. The Hall–Kier alpha value is -2.17. The standard InChI is InChI=1S/C24H30N2O2/c27-24(23-9-5-4-8-21(23)16-19-6-2-1-3-7-19)25-22-10-13-26(14-11-22)17-20-12-15-28-18-20/h1-9,20,22H,10-18H2,(H,25,27). The van der Waals surface area contributed by atoms with Crippen molar-refractivity contribution in [2.45, 2.75) is 31.7 Å². The first-order valence-electron chi connectivity index (χ1n) is 10.5. The second-order valence-corrected chi connectivity index (χ2v) is 8.10. The Labute approximate surface area is 167 Å². The van der Waals surface area contributed by atoms with Crippen LogP contribution in [0.1, 0.15) is 40.7 Å². The van der Waals surface area contributed by atoms with E-state index in [2.05, 4.69) is 28.4 Å². The molecule has 2 heterocycles. The zero-order chi connectivity index (χ0) is 19.2. The minimum Gasteiger partial charge on any atom is -0.381 e. The van der Waals surface area contributed by atoms with Crippen molar-refractivity contribution in [2.75, 3.05) is 32.8 Å². The third-order valence-electron chi connectivity index (χ3n) is 5.96. The Kier molecular flexibility index (Phi) is 6.40. The van der Waals surface area contributed by atoms with E-state index in [-0.39, 0.29) is 11.9 Å². The van der Waals surface area contributed by atoms with E-state index in [4.69, 9.17) is 4.74 Å². The van der Waals surface area contributed by atoms with E-state index in [1.807, 2.05) is 36.4 Å². The topological polar surface area (TPSA) is 41.6 Å². The fraction of sp³-hybridized carbons (Fsp3) is 0.458. The maximum atomic E-state index is 12.9. The molecule has 0 aliphatic carbocycles. The van der Waals surface area contributed by atoms with Gasteiger partial charge in [-0.15, -0.1) is 0 Å². The van der Waals surface area contributed by atoms with Crippen LogP contribution < -0.4 is 5.32 Å². The van der Waals surface area contributed by atoms with Crippen LogP contribution in [-0.4, -0.2) is 49.7 Å². The van der Waals surface area contributed by atoms with E-state index in [1.165, 1.54) is 12.0 Å². The van der Waals surface area contributed by atoms with Gasteiger partial charge in [0.2, 0.25) is 0 Å². The van der Waals surface area contributed by atoms with Gasteiger partial charge in [0.15, 0.2) is 0 Å². The number of benzene rings is 2. The highest BCUT2D eigenvalue weighted by Crippen LogP contribution is 2.19. The van der Waals surface area contributed by atoms with Gasteiger partial charge in [0.05, 0.1) is 6.61 Å². The van der Waals surface area contributed by atoms with E-state index >= 15 is 0 Å². The van der Waals surface area contributed by atoms with Crippen molar-refractivity contribution in [3.05, 3.63) is 71.3 Å². The summed E-state index contributed by atoms with van der Waals surface area (Å²) in [5.41, 5.74) is 3.12. The number of nitrogens with zero attached hydrogens (tertiary/aromatic N) is 1. The molecule has 0 bridgehead atoms. The lowest BCUT2D eigenvalue weighted by Gasteiger charge is -2.33. The van der Waals surface area contributed by atoms with Gasteiger partial charge in [0.25, 0.3) is 5.91 Å². The quantitative estimate of drug-likeness (QED) is 0.836. The largest absolute Gasteiger partial charge is 0.381 e. The molecule has 0 aromatic heterocycles. The number of nitrogens with one attached hydrogen (secondary N) is 1. The normalized spacial score (nSPS) is 20.9. The van der Waals surface area contributed by atoms with Crippen LogP contribution in [0.25, 0.3) is 0 Å². The summed E-state index contributed by atoms with van der Waals surface area (Å²) in [5, 5.41) is 3.29. The van der Waals surface area contributed by atoms with Gasteiger partial charge in [-0.2, -0.15) is 0 Å². The van der Waals surface area contributed by atoms with Gasteiger partial charge in [0, 0.05) is 37.8 Å². The molecule has 2 aromatic carbocycles. The van der Waals surface area contributed by atoms with Crippen LogP contribution in [0.4, 0.5) is 0 Å². The molecule has 28 heavy (non-hydrogen) atoms. The first-order chi connectivity index (χ1) is 13.8. The number of likely N-dealkylation sites (tertiary alicyclic amines) is 1. The minimum absolute atomic E-state index is 0.0641. The maximum absolute atomic E-state index is 12.9. The van der Waals surface area contributed by atoms with Gasteiger partial charge in [-0.05, 0) is 48.8 Å². The summed E-state index contributed by atoms with van der Waals surface area (Å²) in [6.07, 6.45) is 4.03. The molecule has 2 aliphatic rings. The lowest BCUT2D eigenvalue weighted by atomic mass is 9.98. The average Bonchev–Trinajstić information content (AvgIpc) is 3.24. The highest BCUT2D eigenvalue weighted by Gasteiger charge is 2.25. The third kappa shape index (κ3) is 5.00. The summed E-state index contributed by atoms with van der Waals surface area (Å²) in [6.45, 7) is 5.09. The van der Waals surface area contributed by atoms with Crippen LogP contribution in [-0.2, 0) is 11.2 Å². The van der Waals surface area contributed by atoms with Gasteiger partial charge in [-0.3, -0.25) is 4.79 Å². The highest BCUT2D eigenvalue weighted by molar-refractivity contribution is 5.96. The molecule has 0 spiro atoms. The second-order valence-electron chi connectivity index (χ2n) is 8.10. The van der Waals surface area contributed by atoms with Crippen LogP contribution in [0, 0.1) is 5.92 Å². The van der Waals surface area contributed by atoms with Crippen LogP contribution in [0.5, 0.6) is 0 Å². The van der Waals surface area contributed by atoms with Gasteiger partial charge < -0.3 is 15.0 Å². The second kappa shape index (κ2) is 9.35. The molecule has 2 aromatic rings. The fourth-order valence-electron chi connectivity index (χ4n) is 4.33. The highest BCUT2D eigenvalue weighted by atomic mass is 16.5. The summed E-state index contributed by atoms with van der Waals surface area (Å²) >= 11 is 0. The summed E-state index contributed by atoms with van der Waals surface area (Å²) in [4.78, 5) is 15.5. The number of piperidine rings is 1. The number of carbonyl (C=O) groups is 1. The predicted molar refractivity (Wildman–Crippen MR) is 112 cm³/mol. The monoisotopic (exact) mass is 378 g/mol. The van der Waals surface area contributed by atoms with Crippen molar-refractivity contribution in [2.24, 2.45) is 5.92 Å². The lowest BCUT2D eigenvalue weighted by molar-refractivity contribution is 0.0902. The summed E-state index contributed by atoms with van der Waals surface area (Å²) in [5.74, 6) is 0.755. The molecule has 148 valence electrons. The van der Waals surface area contributed by atoms with Crippen molar-refractivity contribution in [1.29, 1.82) is 0 Å². The molecule has 1 atom stereocenters. The van der Waals surface area contributed by atoms with Crippen molar-refractivity contribution in [3.63, 3.8) is 0 Å². The minimum atomic E-state index is 0.0641. The number of rotatable bonds is 6. The van der Waals surface area contributed by atoms with Crippen molar-refractivity contribution in [1.82, 2.24) is 10.2 Å². The Morgan fingerprint density at radius 1 is 1.00 bits per heavy atom. The maximum Gasteiger partial charge on any atom is 0.251 e. The average molecular weight is 379 g/mol. The summed E-state index contributed by atoms with van der Waals surface area (Å²) in [6, 6.07) is 18.6. The van der Waals surface area contributed by atoms with Crippen LogP contribution in [0.2, 0.25) is 0 Å². The van der Waals surface area contributed by atoms with Crippen LogP contribution in [0.3, 0.4) is 0 Å². The molecule has 0 saturated carbocycles. The smallest absolute Gasteiger partial charge is 0.251 e. The molecule has 1 N–H and O–H groups in total. The number of carbonyl (C=O) groups excluding carboxylic acids is 1. The fourth-order valence-corrected chi connectivity index (χ4v) is 4.33. The number of amides is 1. The molecule has 4 nitrogen and oxygen atoms in total. The Bertz CT molecular complexity index is 763. The van der Waals surface area contributed by atoms with Gasteiger partial charge in [-0.1, -0.05) is 48.5 Å². The lowest BCUT2D eigenvalue weighted by Crippen LogP contribution is -2.46. The Balaban J connectivity index is 1.32. The molecule has 2 fully saturated rings. The van der Waals surface area contributed by atoms with E-state index in [9.17, 15) is 4.79 Å². The van der Waals surface area contributed by atoms with Gasteiger partial charge in [0.1, 0.15) is 0 Å². The van der Waals surface area contributed by atoms with Crippen LogP contribution >= 0.6 is 0 Å². The molecule has 4 heteroatoms. The molecular formula is C24H30N2O2. The SMILES string of the molecule is O=C(NC1CCN(CC2CCOC2)CC1)c1ccccc1Cc1ccccc1. The number of hydrogen-bond acceptors (Lipinski definition) is 3. The van der Waals surface area contributed by atoms with E-state index in [0.29, 0.717) is 5.92 Å². The number of hydrogen-bond donors (Lipinski definition) is 1. The van der Waals surface area contributed by atoms with Crippen molar-refractivity contribution < 1.29 is 9.53 Å². The molecule has 1 unspecified atom stereocenters. The first-order valence-corrected chi connectivity index (χ1v) is 10.5. The van der Waals surface area contributed by atoms with Gasteiger partial charge >= 0.3 is 0 Å². The summed E-state index contributed by atoms with van der Waals surface area (Å²) < 4.78 is 5.49. The molecule has 1 amide bonds. The van der Waals surface area contributed by atoms with E-state index in [1.54, 1.807) is 0 Å². The molecule has 2 saturated heterocycles. The Morgan fingerprint density at radius 2 is 1.75 bits per heavy atom. The molecular weight excluding hydrogens is 348 g/mol. The number of ether oxygens (including phenoxy) is 1. The van der Waals surface area contributed by atoms with Crippen molar-refractivity contribution >= 4 is 5.91 Å². The van der Waals surface area contributed by atoms with E-state index in [0.717, 1.165) is 63.2 Å². The van der Waals surface area contributed by atoms with Gasteiger partial charge in [-0.25, -0.2) is 0 Å². The summed E-state index contributed by atoms with van der Waals surface area (Å²) in [7, 11) is 0. The molecule has 2 aliphatic heterocycles. The first kappa shape index (κ1) is 19.2. The molecule has 0 radical (unpaired) electrons. The molecule has 4 rings (SSSR count). The predicted octanol–water partition coefficient (Wildman–Crippen LogP) is 3.51. The third-order valence-corrected chi connectivity index (χ3v) is 5.96. The van der Waals surface area contributed by atoms with Crippen LogP contribution in [0.15, 0.2) is 54.6 Å². The zero-order valence-corrected chi connectivity index (χ0v) is 16.5. The van der Waals surface area contributed by atoms with Crippen molar-refractivity contribution in [3.8, 4) is 0 Å². The zero-order valence-electron chi connectivity index (χ0n) is 16.5.